The molecule has 0 bridgehead atoms. The standard InChI is InChI=1S/C13H21N5/c1-3-4-8-17-11-12(2)16-13(17)14-7-10-18-9-5-6-15-18/h5-6,9,11H,3-4,7-8,10H2,1-2H3,(H,14,16). The molecule has 18 heavy (non-hydrogen) atoms. The van der Waals surface area contributed by atoms with Gasteiger partial charge in [-0.05, 0) is 19.4 Å². The van der Waals surface area contributed by atoms with E-state index < -0.39 is 0 Å². The molecule has 1 N–H and O–H groups in total. The number of unbranched alkanes of at least 4 members (excludes halogenated alkanes) is 1. The Bertz CT molecular complexity index is 458. The van der Waals surface area contributed by atoms with Crippen molar-refractivity contribution < 1.29 is 0 Å². The molecule has 0 unspecified atom stereocenters. The minimum Gasteiger partial charge on any atom is -0.354 e. The lowest BCUT2D eigenvalue weighted by molar-refractivity contribution is 0.616. The van der Waals surface area contributed by atoms with Crippen LogP contribution in [0.2, 0.25) is 0 Å². The van der Waals surface area contributed by atoms with Crippen LogP contribution in [0.1, 0.15) is 25.5 Å². The zero-order valence-electron chi connectivity index (χ0n) is 11.1. The van der Waals surface area contributed by atoms with Crippen LogP contribution in [0.25, 0.3) is 0 Å². The van der Waals surface area contributed by atoms with E-state index in [0.29, 0.717) is 0 Å². The summed E-state index contributed by atoms with van der Waals surface area (Å²) >= 11 is 0. The predicted molar refractivity (Wildman–Crippen MR) is 72.6 cm³/mol. The van der Waals surface area contributed by atoms with Gasteiger partial charge in [-0.25, -0.2) is 4.98 Å². The lowest BCUT2D eigenvalue weighted by Gasteiger charge is -2.09. The molecule has 2 heterocycles. The van der Waals surface area contributed by atoms with E-state index in [4.69, 9.17) is 0 Å². The van der Waals surface area contributed by atoms with E-state index in [1.807, 2.05) is 23.9 Å². The van der Waals surface area contributed by atoms with Crippen LogP contribution in [-0.4, -0.2) is 25.9 Å². The molecule has 0 aliphatic heterocycles. The summed E-state index contributed by atoms with van der Waals surface area (Å²) in [7, 11) is 0. The summed E-state index contributed by atoms with van der Waals surface area (Å²) in [4.78, 5) is 4.50. The molecule has 2 aromatic rings. The first kappa shape index (κ1) is 12.7. The second-order valence-electron chi connectivity index (χ2n) is 4.45. The first-order chi connectivity index (χ1) is 8.79. The van der Waals surface area contributed by atoms with Gasteiger partial charge in [-0.1, -0.05) is 13.3 Å². The van der Waals surface area contributed by atoms with Gasteiger partial charge in [0.05, 0.1) is 12.2 Å². The lowest BCUT2D eigenvalue weighted by atomic mass is 10.3. The first-order valence-corrected chi connectivity index (χ1v) is 6.54. The van der Waals surface area contributed by atoms with Gasteiger partial charge in [-0.15, -0.1) is 0 Å². The fraction of sp³-hybridized carbons (Fsp3) is 0.538. The molecule has 2 aromatic heterocycles. The molecular weight excluding hydrogens is 226 g/mol. The van der Waals surface area contributed by atoms with Crippen LogP contribution in [-0.2, 0) is 13.1 Å². The topological polar surface area (TPSA) is 47.7 Å². The summed E-state index contributed by atoms with van der Waals surface area (Å²) < 4.78 is 4.11. The Kier molecular flexibility index (Phi) is 4.39. The van der Waals surface area contributed by atoms with E-state index in [2.05, 4.69) is 33.1 Å². The van der Waals surface area contributed by atoms with E-state index in [0.717, 1.165) is 31.3 Å². The smallest absolute Gasteiger partial charge is 0.203 e. The molecule has 0 atom stereocenters. The van der Waals surface area contributed by atoms with Crippen molar-refractivity contribution in [2.24, 2.45) is 0 Å². The molecule has 0 amide bonds. The van der Waals surface area contributed by atoms with Crippen molar-refractivity contribution >= 4 is 5.95 Å². The Balaban J connectivity index is 1.87. The molecule has 5 nitrogen and oxygen atoms in total. The van der Waals surface area contributed by atoms with E-state index in [1.165, 1.54) is 12.8 Å². The molecule has 2 rings (SSSR count). The quantitative estimate of drug-likeness (QED) is 0.816. The maximum Gasteiger partial charge on any atom is 0.203 e. The summed E-state index contributed by atoms with van der Waals surface area (Å²) in [5, 5.41) is 7.55. The zero-order chi connectivity index (χ0) is 12.8. The summed E-state index contributed by atoms with van der Waals surface area (Å²) in [5.74, 6) is 0.966. The van der Waals surface area contributed by atoms with Crippen LogP contribution in [0.3, 0.4) is 0 Å². The molecule has 0 saturated carbocycles. The van der Waals surface area contributed by atoms with Crippen molar-refractivity contribution in [1.29, 1.82) is 0 Å². The third-order valence-electron chi connectivity index (χ3n) is 2.83. The van der Waals surface area contributed by atoms with Crippen molar-refractivity contribution in [2.45, 2.75) is 39.8 Å². The van der Waals surface area contributed by atoms with Crippen molar-refractivity contribution in [3.8, 4) is 0 Å². The molecule has 0 spiro atoms. The predicted octanol–water partition coefficient (Wildman–Crippen LogP) is 2.30. The average molecular weight is 247 g/mol. The van der Waals surface area contributed by atoms with Crippen molar-refractivity contribution in [3.63, 3.8) is 0 Å². The number of anilines is 1. The van der Waals surface area contributed by atoms with Gasteiger partial charge >= 0.3 is 0 Å². The Morgan fingerprint density at radius 1 is 1.33 bits per heavy atom. The minimum absolute atomic E-state index is 0.838. The number of aromatic nitrogens is 4. The van der Waals surface area contributed by atoms with E-state index in [1.54, 1.807) is 6.20 Å². The molecule has 0 aromatic carbocycles. The van der Waals surface area contributed by atoms with E-state index in [-0.39, 0.29) is 0 Å². The SMILES string of the molecule is CCCCn1cc(C)nc1NCCn1cccn1. The maximum atomic E-state index is 4.50. The number of imidazole rings is 1. The lowest BCUT2D eigenvalue weighted by Crippen LogP contribution is -2.14. The molecular formula is C13H21N5. The second-order valence-corrected chi connectivity index (χ2v) is 4.45. The number of rotatable bonds is 7. The van der Waals surface area contributed by atoms with Gasteiger partial charge in [0.25, 0.3) is 0 Å². The average Bonchev–Trinajstić information content (AvgIpc) is 2.97. The normalized spacial score (nSPS) is 10.8. The van der Waals surface area contributed by atoms with Gasteiger partial charge in [-0.3, -0.25) is 4.68 Å². The second kappa shape index (κ2) is 6.23. The van der Waals surface area contributed by atoms with Crippen molar-refractivity contribution in [3.05, 3.63) is 30.4 Å². The van der Waals surface area contributed by atoms with Crippen LogP contribution in [0.4, 0.5) is 5.95 Å². The van der Waals surface area contributed by atoms with Gasteiger partial charge in [0.2, 0.25) is 5.95 Å². The number of hydrogen-bond donors (Lipinski definition) is 1. The van der Waals surface area contributed by atoms with Crippen molar-refractivity contribution in [1.82, 2.24) is 19.3 Å². The number of nitrogens with zero attached hydrogens (tertiary/aromatic N) is 4. The maximum absolute atomic E-state index is 4.50. The Labute approximate surface area is 108 Å². The largest absolute Gasteiger partial charge is 0.354 e. The first-order valence-electron chi connectivity index (χ1n) is 6.54. The Morgan fingerprint density at radius 2 is 2.22 bits per heavy atom. The van der Waals surface area contributed by atoms with Gasteiger partial charge in [0.15, 0.2) is 0 Å². The molecule has 0 radical (unpaired) electrons. The highest BCUT2D eigenvalue weighted by atomic mass is 15.3. The molecule has 0 aliphatic rings. The molecule has 5 heteroatoms. The highest BCUT2D eigenvalue weighted by Crippen LogP contribution is 2.09. The monoisotopic (exact) mass is 247 g/mol. The van der Waals surface area contributed by atoms with Gasteiger partial charge in [0, 0.05) is 31.7 Å². The summed E-state index contributed by atoms with van der Waals surface area (Å²) in [5.41, 5.74) is 1.06. The molecule has 0 fully saturated rings. The Hall–Kier alpha value is -1.78. The molecule has 0 aliphatic carbocycles. The number of hydrogen-bond acceptors (Lipinski definition) is 3. The number of aryl methyl sites for hydroxylation is 2. The molecule has 98 valence electrons. The third kappa shape index (κ3) is 3.35. The van der Waals surface area contributed by atoms with Gasteiger partial charge < -0.3 is 9.88 Å². The van der Waals surface area contributed by atoms with Crippen LogP contribution in [0.15, 0.2) is 24.7 Å². The van der Waals surface area contributed by atoms with E-state index >= 15 is 0 Å². The Morgan fingerprint density at radius 3 is 2.94 bits per heavy atom. The van der Waals surface area contributed by atoms with Gasteiger partial charge in [0.1, 0.15) is 0 Å². The fourth-order valence-corrected chi connectivity index (χ4v) is 1.90. The summed E-state index contributed by atoms with van der Waals surface area (Å²) in [6, 6.07) is 1.94. The highest BCUT2D eigenvalue weighted by Gasteiger charge is 2.04. The summed E-state index contributed by atoms with van der Waals surface area (Å²) in [6.07, 6.45) is 8.25. The molecule has 0 saturated heterocycles. The number of nitrogens with one attached hydrogen (secondary N) is 1. The zero-order valence-corrected chi connectivity index (χ0v) is 11.1. The van der Waals surface area contributed by atoms with Gasteiger partial charge in [-0.2, -0.15) is 5.10 Å². The van der Waals surface area contributed by atoms with Crippen LogP contribution < -0.4 is 5.32 Å². The highest BCUT2D eigenvalue weighted by molar-refractivity contribution is 5.28. The third-order valence-corrected chi connectivity index (χ3v) is 2.83. The van der Waals surface area contributed by atoms with Crippen LogP contribution in [0, 0.1) is 6.92 Å². The summed E-state index contributed by atoms with van der Waals surface area (Å²) in [6.45, 7) is 6.95. The fourth-order valence-electron chi connectivity index (χ4n) is 1.90. The van der Waals surface area contributed by atoms with Crippen LogP contribution in [0.5, 0.6) is 0 Å². The van der Waals surface area contributed by atoms with Crippen LogP contribution >= 0.6 is 0 Å². The van der Waals surface area contributed by atoms with Crippen molar-refractivity contribution in [2.75, 3.05) is 11.9 Å². The van der Waals surface area contributed by atoms with E-state index in [9.17, 15) is 0 Å². The minimum atomic E-state index is 0.838.